The van der Waals surface area contributed by atoms with Crippen molar-refractivity contribution < 1.29 is 4.74 Å². The predicted octanol–water partition coefficient (Wildman–Crippen LogP) is 2.23. The van der Waals surface area contributed by atoms with Gasteiger partial charge in [-0.1, -0.05) is 12.1 Å². The second-order valence-electron chi connectivity index (χ2n) is 4.93. The summed E-state index contributed by atoms with van der Waals surface area (Å²) >= 11 is 0. The largest absolute Gasteiger partial charge is 0.497 e. The monoisotopic (exact) mass is 234 g/mol. The van der Waals surface area contributed by atoms with Crippen molar-refractivity contribution in [1.29, 1.82) is 0 Å². The van der Waals surface area contributed by atoms with E-state index in [9.17, 15) is 0 Å². The first kappa shape index (κ1) is 12.4. The number of rotatable bonds is 4. The van der Waals surface area contributed by atoms with E-state index in [1.807, 2.05) is 12.1 Å². The lowest BCUT2D eigenvalue weighted by Gasteiger charge is -2.20. The molecule has 1 saturated carbocycles. The van der Waals surface area contributed by atoms with E-state index in [2.05, 4.69) is 24.4 Å². The highest BCUT2D eigenvalue weighted by molar-refractivity contribution is 5.28. The highest BCUT2D eigenvalue weighted by Gasteiger charge is 2.22. The molecule has 1 aliphatic rings. The molecule has 3 N–H and O–H groups in total. The Bertz CT molecular complexity index is 350. The van der Waals surface area contributed by atoms with Crippen LogP contribution in [0.15, 0.2) is 24.3 Å². The third-order valence-electron chi connectivity index (χ3n) is 3.57. The zero-order valence-electron chi connectivity index (χ0n) is 10.6. The summed E-state index contributed by atoms with van der Waals surface area (Å²) in [5.41, 5.74) is 7.22. The van der Waals surface area contributed by atoms with Crippen LogP contribution in [0.1, 0.15) is 37.8 Å². The normalized spacial score (nSPS) is 25.8. The van der Waals surface area contributed by atoms with Crippen molar-refractivity contribution in [3.63, 3.8) is 0 Å². The van der Waals surface area contributed by atoms with Crippen molar-refractivity contribution in [2.45, 2.75) is 44.3 Å². The van der Waals surface area contributed by atoms with Gasteiger partial charge < -0.3 is 15.8 Å². The Morgan fingerprint density at radius 1 is 1.29 bits per heavy atom. The van der Waals surface area contributed by atoms with Crippen LogP contribution < -0.4 is 15.8 Å². The maximum atomic E-state index is 5.92. The SMILES string of the molecule is COc1ccc([C@H](C)NC2CCC(N)C2)cc1. The molecular weight excluding hydrogens is 212 g/mol. The van der Waals surface area contributed by atoms with Crippen LogP contribution in [0.25, 0.3) is 0 Å². The fraction of sp³-hybridized carbons (Fsp3) is 0.571. The summed E-state index contributed by atoms with van der Waals surface area (Å²) in [4.78, 5) is 0. The van der Waals surface area contributed by atoms with Crippen molar-refractivity contribution in [2.24, 2.45) is 5.73 Å². The van der Waals surface area contributed by atoms with E-state index in [4.69, 9.17) is 10.5 Å². The third-order valence-corrected chi connectivity index (χ3v) is 3.57. The van der Waals surface area contributed by atoms with E-state index in [1.54, 1.807) is 7.11 Å². The van der Waals surface area contributed by atoms with E-state index in [-0.39, 0.29) is 0 Å². The van der Waals surface area contributed by atoms with Gasteiger partial charge in [0.05, 0.1) is 7.11 Å². The smallest absolute Gasteiger partial charge is 0.118 e. The van der Waals surface area contributed by atoms with E-state index in [1.165, 1.54) is 12.0 Å². The molecule has 2 unspecified atom stereocenters. The van der Waals surface area contributed by atoms with Gasteiger partial charge in [0.15, 0.2) is 0 Å². The van der Waals surface area contributed by atoms with E-state index >= 15 is 0 Å². The second-order valence-corrected chi connectivity index (χ2v) is 4.93. The number of hydrogen-bond donors (Lipinski definition) is 2. The lowest BCUT2D eigenvalue weighted by molar-refractivity contribution is 0.413. The highest BCUT2D eigenvalue weighted by atomic mass is 16.5. The molecule has 1 fully saturated rings. The molecule has 94 valence electrons. The van der Waals surface area contributed by atoms with Gasteiger partial charge in [-0.2, -0.15) is 0 Å². The van der Waals surface area contributed by atoms with E-state index in [0.717, 1.165) is 18.6 Å². The molecule has 1 aliphatic carbocycles. The summed E-state index contributed by atoms with van der Waals surface area (Å²) in [6.07, 6.45) is 3.44. The number of ether oxygens (including phenoxy) is 1. The number of nitrogens with two attached hydrogens (primary N) is 1. The van der Waals surface area contributed by atoms with Crippen LogP contribution in [0, 0.1) is 0 Å². The summed E-state index contributed by atoms with van der Waals surface area (Å²) in [5, 5.41) is 3.64. The van der Waals surface area contributed by atoms with Crippen LogP contribution in [-0.2, 0) is 0 Å². The van der Waals surface area contributed by atoms with Gasteiger partial charge >= 0.3 is 0 Å². The molecule has 0 bridgehead atoms. The summed E-state index contributed by atoms with van der Waals surface area (Å²) in [6, 6.07) is 9.58. The first-order chi connectivity index (χ1) is 8.19. The molecule has 0 radical (unpaired) electrons. The Hall–Kier alpha value is -1.06. The lowest BCUT2D eigenvalue weighted by atomic mass is 10.1. The molecule has 3 atom stereocenters. The Morgan fingerprint density at radius 2 is 2.00 bits per heavy atom. The Morgan fingerprint density at radius 3 is 2.53 bits per heavy atom. The van der Waals surface area contributed by atoms with Crippen molar-refractivity contribution in [1.82, 2.24) is 5.32 Å². The maximum Gasteiger partial charge on any atom is 0.118 e. The standard InChI is InChI=1S/C14H22N2O/c1-10(16-13-6-5-12(15)9-13)11-3-7-14(17-2)8-4-11/h3-4,7-8,10,12-13,16H,5-6,9,15H2,1-2H3/t10-,12?,13?/m0/s1. The van der Waals surface area contributed by atoms with Crippen LogP contribution in [0.3, 0.4) is 0 Å². The van der Waals surface area contributed by atoms with Crippen molar-refractivity contribution in [3.05, 3.63) is 29.8 Å². The molecule has 3 heteroatoms. The molecule has 0 saturated heterocycles. The minimum Gasteiger partial charge on any atom is -0.497 e. The number of methoxy groups -OCH3 is 1. The van der Waals surface area contributed by atoms with Gasteiger partial charge in [0.2, 0.25) is 0 Å². The van der Waals surface area contributed by atoms with Crippen molar-refractivity contribution in [3.8, 4) is 5.75 Å². The van der Waals surface area contributed by atoms with Crippen molar-refractivity contribution in [2.75, 3.05) is 7.11 Å². The number of benzene rings is 1. The molecule has 0 amide bonds. The van der Waals surface area contributed by atoms with Gasteiger partial charge in [-0.15, -0.1) is 0 Å². The molecule has 0 spiro atoms. The molecule has 2 rings (SSSR count). The number of nitrogens with one attached hydrogen (secondary N) is 1. The van der Waals surface area contributed by atoms with Gasteiger partial charge in [-0.05, 0) is 43.9 Å². The van der Waals surface area contributed by atoms with E-state index < -0.39 is 0 Å². The maximum absolute atomic E-state index is 5.92. The van der Waals surface area contributed by atoms with Crippen LogP contribution in [-0.4, -0.2) is 19.2 Å². The molecule has 17 heavy (non-hydrogen) atoms. The number of hydrogen-bond acceptors (Lipinski definition) is 3. The Labute approximate surface area is 103 Å². The second kappa shape index (κ2) is 5.52. The average molecular weight is 234 g/mol. The minimum absolute atomic E-state index is 0.371. The predicted molar refractivity (Wildman–Crippen MR) is 70.2 cm³/mol. The summed E-state index contributed by atoms with van der Waals surface area (Å²) in [7, 11) is 1.69. The Kier molecular flexibility index (Phi) is 4.02. The first-order valence-corrected chi connectivity index (χ1v) is 6.34. The Balaban J connectivity index is 1.92. The quantitative estimate of drug-likeness (QED) is 0.840. The van der Waals surface area contributed by atoms with Crippen LogP contribution in [0.2, 0.25) is 0 Å². The van der Waals surface area contributed by atoms with Crippen LogP contribution in [0.5, 0.6) is 5.75 Å². The zero-order chi connectivity index (χ0) is 12.3. The fourth-order valence-corrected chi connectivity index (χ4v) is 2.51. The molecule has 0 aliphatic heterocycles. The van der Waals surface area contributed by atoms with Gasteiger partial charge in [0.25, 0.3) is 0 Å². The first-order valence-electron chi connectivity index (χ1n) is 6.34. The molecule has 0 heterocycles. The fourth-order valence-electron chi connectivity index (χ4n) is 2.51. The van der Waals surface area contributed by atoms with Gasteiger partial charge in [0, 0.05) is 18.1 Å². The molecule has 3 nitrogen and oxygen atoms in total. The third kappa shape index (κ3) is 3.20. The van der Waals surface area contributed by atoms with Crippen LogP contribution >= 0.6 is 0 Å². The van der Waals surface area contributed by atoms with Gasteiger partial charge in [0.1, 0.15) is 5.75 Å². The average Bonchev–Trinajstić information content (AvgIpc) is 2.75. The lowest BCUT2D eigenvalue weighted by Crippen LogP contribution is -2.30. The molecule has 1 aromatic carbocycles. The molecule has 0 aromatic heterocycles. The van der Waals surface area contributed by atoms with E-state index in [0.29, 0.717) is 18.1 Å². The summed E-state index contributed by atoms with van der Waals surface area (Å²) in [5.74, 6) is 0.906. The van der Waals surface area contributed by atoms with Gasteiger partial charge in [-0.3, -0.25) is 0 Å². The molecule has 1 aromatic rings. The van der Waals surface area contributed by atoms with Gasteiger partial charge in [-0.25, -0.2) is 0 Å². The van der Waals surface area contributed by atoms with Crippen molar-refractivity contribution >= 4 is 0 Å². The summed E-state index contributed by atoms with van der Waals surface area (Å²) in [6.45, 7) is 2.20. The summed E-state index contributed by atoms with van der Waals surface area (Å²) < 4.78 is 5.16. The zero-order valence-corrected chi connectivity index (χ0v) is 10.6. The van der Waals surface area contributed by atoms with Crippen LogP contribution in [0.4, 0.5) is 0 Å². The molecular formula is C14H22N2O. The highest BCUT2D eigenvalue weighted by Crippen LogP contribution is 2.22. The minimum atomic E-state index is 0.371. The topological polar surface area (TPSA) is 47.3 Å².